The average molecular weight is 919 g/mol. The Morgan fingerprint density at radius 2 is 0.631 bits per heavy atom. The molecule has 0 aromatic rings. The van der Waals surface area contributed by atoms with Crippen molar-refractivity contribution in [3.8, 4) is 0 Å². The van der Waals surface area contributed by atoms with E-state index in [1.807, 2.05) is 6.08 Å². The molecule has 0 spiro atoms. The van der Waals surface area contributed by atoms with Gasteiger partial charge in [-0.25, -0.2) is 0 Å². The number of carbonyl (C=O) groups is 1. The molecule has 65 heavy (non-hydrogen) atoms. The predicted octanol–water partition coefficient (Wildman–Crippen LogP) is 18.7. The van der Waals surface area contributed by atoms with E-state index in [-0.39, 0.29) is 18.9 Å². The molecule has 0 bridgehead atoms. The lowest BCUT2D eigenvalue weighted by atomic mass is 10.0. The molecule has 0 aromatic carbocycles. The number of hydrogen-bond acceptors (Lipinski definition) is 4. The normalized spacial score (nSPS) is 13.2. The first-order chi connectivity index (χ1) is 32.0. The van der Waals surface area contributed by atoms with E-state index >= 15 is 0 Å². The lowest BCUT2D eigenvalue weighted by Gasteiger charge is -2.21. The molecule has 0 heterocycles. The first kappa shape index (κ1) is 64.1. The minimum atomic E-state index is -0.926. The zero-order chi connectivity index (χ0) is 47.2. The van der Waals surface area contributed by atoms with Crippen molar-refractivity contribution < 1.29 is 20.1 Å². The van der Waals surface area contributed by atoms with E-state index in [0.29, 0.717) is 6.42 Å². The molecule has 0 aliphatic rings. The summed E-state index contributed by atoms with van der Waals surface area (Å²) in [5.74, 6) is -0.307. The fourth-order valence-corrected chi connectivity index (χ4v) is 9.76. The van der Waals surface area contributed by atoms with E-state index < -0.39 is 18.2 Å². The molecule has 3 unspecified atom stereocenters. The Morgan fingerprint density at radius 1 is 0.385 bits per heavy atom. The molecule has 4 N–H and O–H groups in total. The fraction of sp³-hybridized carbons (Fsp3) is 0.950. The maximum atomic E-state index is 12.5. The van der Waals surface area contributed by atoms with Crippen LogP contribution in [0.5, 0.6) is 0 Å². The van der Waals surface area contributed by atoms with Crippen molar-refractivity contribution in [2.24, 2.45) is 0 Å². The second-order valence-electron chi connectivity index (χ2n) is 21.0. The van der Waals surface area contributed by atoms with Gasteiger partial charge in [0, 0.05) is 0 Å². The highest BCUT2D eigenvalue weighted by Crippen LogP contribution is 2.19. The molecule has 0 fully saturated rings. The quantitative estimate of drug-likeness (QED) is 0.0361. The number of unbranched alkanes of at least 4 members (excludes halogenated alkanes) is 47. The maximum absolute atomic E-state index is 12.5. The van der Waals surface area contributed by atoms with E-state index in [0.717, 1.165) is 25.7 Å². The van der Waals surface area contributed by atoms with Gasteiger partial charge in [0.2, 0.25) is 5.91 Å². The summed E-state index contributed by atoms with van der Waals surface area (Å²) < 4.78 is 0. The molecular weight excluding hydrogens is 799 g/mol. The molecule has 0 saturated carbocycles. The molecule has 5 nitrogen and oxygen atoms in total. The van der Waals surface area contributed by atoms with Crippen LogP contribution in [0.4, 0.5) is 0 Å². The van der Waals surface area contributed by atoms with Crippen molar-refractivity contribution >= 4 is 5.91 Å². The summed E-state index contributed by atoms with van der Waals surface area (Å²) >= 11 is 0. The number of rotatable bonds is 56. The number of hydrogen-bond donors (Lipinski definition) is 4. The maximum Gasteiger partial charge on any atom is 0.222 e. The van der Waals surface area contributed by atoms with E-state index in [4.69, 9.17) is 0 Å². The van der Waals surface area contributed by atoms with Crippen LogP contribution in [0.3, 0.4) is 0 Å². The van der Waals surface area contributed by atoms with Crippen LogP contribution in [0, 0.1) is 0 Å². The summed E-state index contributed by atoms with van der Waals surface area (Å²) in [4.78, 5) is 12.5. The topological polar surface area (TPSA) is 89.8 Å². The summed E-state index contributed by atoms with van der Waals surface area (Å²) in [6.07, 6.45) is 69.9. The van der Waals surface area contributed by atoms with Crippen LogP contribution in [0.1, 0.15) is 341 Å². The molecule has 0 saturated heterocycles. The molecule has 0 aromatic heterocycles. The molecule has 3 atom stereocenters. The Balaban J connectivity index is 3.51. The highest BCUT2D eigenvalue weighted by atomic mass is 16.3. The van der Waals surface area contributed by atoms with Gasteiger partial charge in [0.25, 0.3) is 0 Å². The Kier molecular flexibility index (Phi) is 54.9. The third-order valence-electron chi connectivity index (χ3n) is 14.3. The van der Waals surface area contributed by atoms with Crippen molar-refractivity contribution in [2.45, 2.75) is 360 Å². The highest BCUT2D eigenvalue weighted by molar-refractivity contribution is 5.76. The predicted molar refractivity (Wildman–Crippen MR) is 287 cm³/mol. The number of nitrogens with one attached hydrogen (secondary N) is 1. The second kappa shape index (κ2) is 55.7. The van der Waals surface area contributed by atoms with E-state index in [2.05, 4.69) is 19.2 Å². The van der Waals surface area contributed by atoms with Crippen LogP contribution in [-0.2, 0) is 4.79 Å². The smallest absolute Gasteiger partial charge is 0.222 e. The second-order valence-corrected chi connectivity index (χ2v) is 21.0. The molecule has 0 aliphatic carbocycles. The van der Waals surface area contributed by atoms with E-state index in [1.54, 1.807) is 6.08 Å². The molecule has 388 valence electrons. The lowest BCUT2D eigenvalue weighted by molar-refractivity contribution is -0.124. The fourth-order valence-electron chi connectivity index (χ4n) is 9.76. The molecule has 5 heteroatoms. The molecule has 1 amide bonds. The minimum Gasteiger partial charge on any atom is -0.394 e. The standard InChI is InChI=1S/C60H119NO4/c1-3-5-7-9-11-13-15-17-19-21-23-25-27-29-30-31-33-35-37-39-41-43-45-47-49-51-53-57(63)55-60(65)61-58(56-62)59(64)54-52-50-48-46-44-42-40-38-36-34-32-28-26-24-22-20-18-16-14-12-10-8-6-4-2/h52,54,57-59,62-64H,3-51,53,55-56H2,1-2H3,(H,61,65)/b54-52+. The molecule has 0 rings (SSSR count). The van der Waals surface area contributed by atoms with E-state index in [9.17, 15) is 20.1 Å². The van der Waals surface area contributed by atoms with Crippen LogP contribution in [0.15, 0.2) is 12.2 Å². The Morgan fingerprint density at radius 3 is 0.892 bits per heavy atom. The van der Waals surface area contributed by atoms with Crippen LogP contribution in [0.2, 0.25) is 0 Å². The lowest BCUT2D eigenvalue weighted by Crippen LogP contribution is -2.45. The van der Waals surface area contributed by atoms with Crippen molar-refractivity contribution in [1.29, 1.82) is 0 Å². The SMILES string of the molecule is CCCCCCCCCCCCCCCCCCCCCCCC/C=C/C(O)C(CO)NC(=O)CC(O)CCCCCCCCCCCCCCCCCCCCCCCCCCCC. The minimum absolute atomic E-state index is 0.0197. The highest BCUT2D eigenvalue weighted by Gasteiger charge is 2.20. The first-order valence-corrected chi connectivity index (χ1v) is 30.0. The van der Waals surface area contributed by atoms with Gasteiger partial charge in [0.1, 0.15) is 0 Å². The largest absolute Gasteiger partial charge is 0.394 e. The zero-order valence-electron chi connectivity index (χ0n) is 44.4. The van der Waals surface area contributed by atoms with Gasteiger partial charge in [-0.15, -0.1) is 0 Å². The van der Waals surface area contributed by atoms with Crippen LogP contribution in [-0.4, -0.2) is 46.1 Å². The summed E-state index contributed by atoms with van der Waals surface area (Å²) in [7, 11) is 0. The number of aliphatic hydroxyl groups excluding tert-OH is 3. The van der Waals surface area contributed by atoms with Gasteiger partial charge in [-0.1, -0.05) is 328 Å². The first-order valence-electron chi connectivity index (χ1n) is 30.0. The Bertz CT molecular complexity index is 925. The van der Waals surface area contributed by atoms with Crippen molar-refractivity contribution in [2.75, 3.05) is 6.61 Å². The number of carbonyl (C=O) groups excluding carboxylic acids is 1. The number of amides is 1. The van der Waals surface area contributed by atoms with Crippen LogP contribution in [0.25, 0.3) is 0 Å². The third-order valence-corrected chi connectivity index (χ3v) is 14.3. The molecule has 0 radical (unpaired) electrons. The monoisotopic (exact) mass is 918 g/mol. The number of aliphatic hydroxyl groups is 3. The van der Waals surface area contributed by atoms with Gasteiger partial charge in [-0.2, -0.15) is 0 Å². The Labute approximate surface area is 408 Å². The zero-order valence-corrected chi connectivity index (χ0v) is 44.4. The van der Waals surface area contributed by atoms with Gasteiger partial charge in [-0.3, -0.25) is 4.79 Å². The molecule has 0 aliphatic heterocycles. The van der Waals surface area contributed by atoms with Gasteiger partial charge in [0.15, 0.2) is 0 Å². The van der Waals surface area contributed by atoms with E-state index in [1.165, 1.54) is 289 Å². The molecular formula is C60H119NO4. The Hall–Kier alpha value is -0.910. The third kappa shape index (κ3) is 52.3. The van der Waals surface area contributed by atoms with Crippen molar-refractivity contribution in [1.82, 2.24) is 5.32 Å². The van der Waals surface area contributed by atoms with Gasteiger partial charge in [-0.05, 0) is 19.3 Å². The van der Waals surface area contributed by atoms with Crippen molar-refractivity contribution in [3.63, 3.8) is 0 Å². The number of allylic oxidation sites excluding steroid dienone is 1. The van der Waals surface area contributed by atoms with Crippen LogP contribution < -0.4 is 5.32 Å². The summed E-state index contributed by atoms with van der Waals surface area (Å²) in [5.41, 5.74) is 0. The van der Waals surface area contributed by atoms with Gasteiger partial charge < -0.3 is 20.6 Å². The van der Waals surface area contributed by atoms with Gasteiger partial charge in [0.05, 0.1) is 31.3 Å². The summed E-state index contributed by atoms with van der Waals surface area (Å²) in [5, 5.41) is 33.5. The van der Waals surface area contributed by atoms with Crippen LogP contribution >= 0.6 is 0 Å². The summed E-state index contributed by atoms with van der Waals surface area (Å²) in [6.45, 7) is 4.26. The average Bonchev–Trinajstić information content (AvgIpc) is 3.30. The van der Waals surface area contributed by atoms with Crippen molar-refractivity contribution in [3.05, 3.63) is 12.2 Å². The van der Waals surface area contributed by atoms with Gasteiger partial charge >= 0.3 is 0 Å². The summed E-state index contributed by atoms with van der Waals surface area (Å²) in [6, 6.07) is -0.741.